The van der Waals surface area contributed by atoms with Gasteiger partial charge in [0.05, 0.1) is 6.54 Å². The number of nitrogens with zero attached hydrogens (tertiary/aromatic N) is 4. The van der Waals surface area contributed by atoms with Crippen LogP contribution in [0.15, 0.2) is 59.1 Å². The van der Waals surface area contributed by atoms with E-state index in [9.17, 15) is 0 Å². The van der Waals surface area contributed by atoms with Crippen LogP contribution in [0.25, 0.3) is 23.0 Å². The van der Waals surface area contributed by atoms with E-state index in [4.69, 9.17) is 4.52 Å². The maximum Gasteiger partial charge on any atom is 0.278 e. The zero-order valence-corrected chi connectivity index (χ0v) is 17.6. The summed E-state index contributed by atoms with van der Waals surface area (Å²) in [7, 11) is 0. The summed E-state index contributed by atoms with van der Waals surface area (Å²) in [5.74, 6) is 1.01. The lowest BCUT2D eigenvalue weighted by Gasteiger charge is -2.18. The third kappa shape index (κ3) is 4.14. The van der Waals surface area contributed by atoms with Gasteiger partial charge in [-0.2, -0.15) is 10.1 Å². The molecule has 2 heterocycles. The van der Waals surface area contributed by atoms with Crippen LogP contribution in [0, 0.1) is 13.8 Å². The molecule has 0 saturated carbocycles. The summed E-state index contributed by atoms with van der Waals surface area (Å²) in [4.78, 5) is 4.56. The molecule has 0 radical (unpaired) electrons. The van der Waals surface area contributed by atoms with Crippen LogP contribution in [-0.2, 0) is 12.0 Å². The van der Waals surface area contributed by atoms with Gasteiger partial charge in [0.1, 0.15) is 0 Å². The minimum absolute atomic E-state index is 0.114. The second-order valence-electron chi connectivity index (χ2n) is 8.56. The van der Waals surface area contributed by atoms with Crippen LogP contribution in [-0.4, -0.2) is 19.9 Å². The monoisotopic (exact) mass is 386 g/mol. The van der Waals surface area contributed by atoms with Crippen molar-refractivity contribution in [3.05, 3.63) is 77.0 Å². The van der Waals surface area contributed by atoms with Gasteiger partial charge in [0, 0.05) is 11.3 Å². The molecule has 0 N–H and O–H groups in total. The predicted octanol–water partition coefficient (Wildman–Crippen LogP) is 5.56. The SMILES string of the molecule is Cc1ccc(Cn2nc(-c3nc(-c4ccc(C(C)(C)C)cc4)no3)cc2C)cc1. The second kappa shape index (κ2) is 7.32. The van der Waals surface area contributed by atoms with Crippen LogP contribution in [0.1, 0.15) is 43.2 Å². The summed E-state index contributed by atoms with van der Waals surface area (Å²) in [5.41, 5.74) is 6.52. The van der Waals surface area contributed by atoms with E-state index in [1.54, 1.807) is 0 Å². The first-order valence-electron chi connectivity index (χ1n) is 9.84. The first-order valence-corrected chi connectivity index (χ1v) is 9.84. The van der Waals surface area contributed by atoms with E-state index >= 15 is 0 Å². The Bertz CT molecular complexity index is 1110. The molecule has 0 atom stereocenters. The van der Waals surface area contributed by atoms with Crippen LogP contribution in [0.4, 0.5) is 0 Å². The summed E-state index contributed by atoms with van der Waals surface area (Å²) in [6.45, 7) is 11.4. The number of hydrogen-bond acceptors (Lipinski definition) is 4. The average molecular weight is 386 g/mol. The summed E-state index contributed by atoms with van der Waals surface area (Å²) >= 11 is 0. The molecule has 5 heteroatoms. The summed E-state index contributed by atoms with van der Waals surface area (Å²) in [6.07, 6.45) is 0. The fraction of sp³-hybridized carbons (Fsp3) is 0.292. The quantitative estimate of drug-likeness (QED) is 0.460. The molecule has 0 aliphatic heterocycles. The normalized spacial score (nSPS) is 11.8. The Balaban J connectivity index is 1.56. The Kier molecular flexibility index (Phi) is 4.82. The van der Waals surface area contributed by atoms with Crippen molar-refractivity contribution in [2.75, 3.05) is 0 Å². The third-order valence-corrected chi connectivity index (χ3v) is 5.09. The smallest absolute Gasteiger partial charge is 0.278 e. The molecule has 0 spiro atoms. The molecule has 0 unspecified atom stereocenters. The lowest BCUT2D eigenvalue weighted by molar-refractivity contribution is 0.430. The molecule has 0 aliphatic rings. The number of aromatic nitrogens is 4. The number of hydrogen-bond donors (Lipinski definition) is 0. The van der Waals surface area contributed by atoms with Gasteiger partial charge in [0.15, 0.2) is 5.69 Å². The minimum Gasteiger partial charge on any atom is -0.332 e. The van der Waals surface area contributed by atoms with Gasteiger partial charge < -0.3 is 4.52 Å². The van der Waals surface area contributed by atoms with Crippen LogP contribution >= 0.6 is 0 Å². The van der Waals surface area contributed by atoms with E-state index < -0.39 is 0 Å². The van der Waals surface area contributed by atoms with Crippen molar-refractivity contribution >= 4 is 0 Å². The molecule has 2 aromatic carbocycles. The van der Waals surface area contributed by atoms with Crippen molar-refractivity contribution in [3.63, 3.8) is 0 Å². The number of rotatable bonds is 4. The van der Waals surface area contributed by atoms with E-state index in [-0.39, 0.29) is 5.41 Å². The average Bonchev–Trinajstić information content (AvgIpc) is 3.30. The Morgan fingerprint density at radius 2 is 1.62 bits per heavy atom. The lowest BCUT2D eigenvalue weighted by atomic mass is 9.87. The topological polar surface area (TPSA) is 56.7 Å². The summed E-state index contributed by atoms with van der Waals surface area (Å²) in [6, 6.07) is 18.8. The molecule has 0 bridgehead atoms. The van der Waals surface area contributed by atoms with Gasteiger partial charge in [-0.3, -0.25) is 4.68 Å². The van der Waals surface area contributed by atoms with E-state index in [2.05, 4.69) is 79.3 Å². The van der Waals surface area contributed by atoms with E-state index in [1.807, 2.05) is 29.8 Å². The van der Waals surface area contributed by atoms with Gasteiger partial charge >= 0.3 is 0 Å². The fourth-order valence-electron chi connectivity index (χ4n) is 3.21. The zero-order chi connectivity index (χ0) is 20.6. The van der Waals surface area contributed by atoms with E-state index in [1.165, 1.54) is 16.7 Å². The number of benzene rings is 2. The molecule has 29 heavy (non-hydrogen) atoms. The van der Waals surface area contributed by atoms with Gasteiger partial charge in [-0.15, -0.1) is 0 Å². The fourth-order valence-corrected chi connectivity index (χ4v) is 3.21. The first kappa shape index (κ1) is 19.1. The summed E-state index contributed by atoms with van der Waals surface area (Å²) in [5, 5.41) is 8.82. The van der Waals surface area contributed by atoms with Crippen molar-refractivity contribution in [2.45, 2.75) is 46.6 Å². The minimum atomic E-state index is 0.114. The molecule has 0 amide bonds. The second-order valence-corrected chi connectivity index (χ2v) is 8.56. The number of aryl methyl sites for hydroxylation is 2. The lowest BCUT2D eigenvalue weighted by Crippen LogP contribution is -2.10. The van der Waals surface area contributed by atoms with Crippen molar-refractivity contribution in [3.8, 4) is 23.0 Å². The van der Waals surface area contributed by atoms with Crippen molar-refractivity contribution in [1.29, 1.82) is 0 Å². The highest BCUT2D eigenvalue weighted by molar-refractivity contribution is 5.58. The van der Waals surface area contributed by atoms with Crippen LogP contribution in [0.2, 0.25) is 0 Å². The Labute approximate surface area is 171 Å². The molecule has 0 fully saturated rings. The van der Waals surface area contributed by atoms with Gasteiger partial charge in [-0.25, -0.2) is 0 Å². The molecule has 4 rings (SSSR count). The predicted molar refractivity (Wildman–Crippen MR) is 115 cm³/mol. The van der Waals surface area contributed by atoms with E-state index in [0.29, 0.717) is 24.0 Å². The maximum absolute atomic E-state index is 5.50. The Morgan fingerprint density at radius 3 is 2.28 bits per heavy atom. The highest BCUT2D eigenvalue weighted by atomic mass is 16.5. The first-order chi connectivity index (χ1) is 13.8. The van der Waals surface area contributed by atoms with Crippen LogP contribution in [0.3, 0.4) is 0 Å². The van der Waals surface area contributed by atoms with Crippen LogP contribution < -0.4 is 0 Å². The van der Waals surface area contributed by atoms with Crippen molar-refractivity contribution < 1.29 is 4.52 Å². The molecule has 4 aromatic rings. The Hall–Kier alpha value is -3.21. The third-order valence-electron chi connectivity index (χ3n) is 5.09. The van der Waals surface area contributed by atoms with E-state index in [0.717, 1.165) is 11.3 Å². The molecule has 2 aromatic heterocycles. The zero-order valence-electron chi connectivity index (χ0n) is 17.6. The van der Waals surface area contributed by atoms with Gasteiger partial charge in [-0.05, 0) is 36.5 Å². The molecular formula is C24H26N4O. The molecule has 5 nitrogen and oxygen atoms in total. The van der Waals surface area contributed by atoms with Crippen molar-refractivity contribution in [1.82, 2.24) is 19.9 Å². The van der Waals surface area contributed by atoms with Gasteiger partial charge in [-0.1, -0.05) is 80.0 Å². The molecule has 0 saturated heterocycles. The molecule has 148 valence electrons. The molecular weight excluding hydrogens is 360 g/mol. The standard InChI is InChI=1S/C24H26N4O/c1-16-6-8-18(9-7-16)15-28-17(2)14-21(26-28)23-25-22(27-29-23)19-10-12-20(13-11-19)24(3,4)5/h6-14H,15H2,1-5H3. The van der Waals surface area contributed by atoms with Crippen LogP contribution in [0.5, 0.6) is 0 Å². The Morgan fingerprint density at radius 1 is 0.931 bits per heavy atom. The van der Waals surface area contributed by atoms with Gasteiger partial charge in [0.2, 0.25) is 5.82 Å². The summed E-state index contributed by atoms with van der Waals surface area (Å²) < 4.78 is 7.46. The maximum atomic E-state index is 5.50. The van der Waals surface area contributed by atoms with Gasteiger partial charge in [0.25, 0.3) is 5.89 Å². The highest BCUT2D eigenvalue weighted by Gasteiger charge is 2.17. The largest absolute Gasteiger partial charge is 0.332 e. The molecule has 0 aliphatic carbocycles. The highest BCUT2D eigenvalue weighted by Crippen LogP contribution is 2.26. The van der Waals surface area contributed by atoms with Crippen molar-refractivity contribution in [2.24, 2.45) is 0 Å².